The minimum absolute atomic E-state index is 0.168. The summed E-state index contributed by atoms with van der Waals surface area (Å²) in [4.78, 5) is 13.3. The van der Waals surface area contributed by atoms with Crippen LogP contribution in [0, 0.1) is 5.82 Å². The molecule has 0 saturated carbocycles. The number of halogens is 1. The first kappa shape index (κ1) is 16.2. The molecule has 0 saturated heterocycles. The lowest BCUT2D eigenvalue weighted by Crippen LogP contribution is -2.32. The second-order valence-electron chi connectivity index (χ2n) is 5.17. The van der Waals surface area contributed by atoms with Gasteiger partial charge in [-0.2, -0.15) is 0 Å². The summed E-state index contributed by atoms with van der Waals surface area (Å²) in [5.74, 6) is -0.326. The topological polar surface area (TPSA) is 38.3 Å². The summed E-state index contributed by atoms with van der Waals surface area (Å²) >= 11 is 1.58. The van der Waals surface area contributed by atoms with Gasteiger partial charge in [-0.15, -0.1) is 11.3 Å². The molecule has 1 aromatic heterocycles. The molecule has 0 unspecified atom stereocenters. The number of rotatable bonds is 6. The van der Waals surface area contributed by atoms with Crippen molar-refractivity contribution in [2.24, 2.45) is 0 Å². The van der Waals surface area contributed by atoms with E-state index in [4.69, 9.17) is 4.74 Å². The molecule has 122 valence electrons. The number of nitrogens with one attached hydrogen (secondary N) is 1. The van der Waals surface area contributed by atoms with Crippen LogP contribution in [0.1, 0.15) is 16.5 Å². The zero-order chi connectivity index (χ0) is 16.8. The summed E-state index contributed by atoms with van der Waals surface area (Å²) in [6, 6.07) is 19.2. The fourth-order valence-corrected chi connectivity index (χ4v) is 3.13. The van der Waals surface area contributed by atoms with Crippen LogP contribution >= 0.6 is 11.3 Å². The first-order chi connectivity index (χ1) is 11.7. The zero-order valence-electron chi connectivity index (χ0n) is 12.8. The normalized spacial score (nSPS) is 11.7. The van der Waals surface area contributed by atoms with Crippen LogP contribution < -0.4 is 10.1 Å². The Kier molecular flexibility index (Phi) is 5.23. The van der Waals surface area contributed by atoms with E-state index in [1.165, 1.54) is 12.1 Å². The van der Waals surface area contributed by atoms with E-state index in [0.29, 0.717) is 5.75 Å². The minimum Gasteiger partial charge on any atom is -0.484 e. The van der Waals surface area contributed by atoms with Crippen molar-refractivity contribution in [3.05, 3.63) is 88.4 Å². The predicted octanol–water partition coefficient (Wildman–Crippen LogP) is 4.17. The molecule has 3 rings (SSSR count). The van der Waals surface area contributed by atoms with Gasteiger partial charge in [0, 0.05) is 10.9 Å². The largest absolute Gasteiger partial charge is 0.484 e. The van der Waals surface area contributed by atoms with Crippen molar-refractivity contribution in [3.8, 4) is 5.75 Å². The highest BCUT2D eigenvalue weighted by Crippen LogP contribution is 2.25. The second kappa shape index (κ2) is 7.75. The van der Waals surface area contributed by atoms with Gasteiger partial charge >= 0.3 is 0 Å². The van der Waals surface area contributed by atoms with Crippen LogP contribution in [0.3, 0.4) is 0 Å². The molecular formula is C19H16FNO2S. The molecule has 0 spiro atoms. The van der Waals surface area contributed by atoms with Crippen molar-refractivity contribution < 1.29 is 13.9 Å². The van der Waals surface area contributed by atoms with E-state index in [0.717, 1.165) is 10.4 Å². The first-order valence-corrected chi connectivity index (χ1v) is 8.36. The van der Waals surface area contributed by atoms with Gasteiger partial charge in [0.1, 0.15) is 11.6 Å². The number of hydrogen-bond acceptors (Lipinski definition) is 3. The molecule has 0 aliphatic rings. The third-order valence-electron chi connectivity index (χ3n) is 3.43. The Morgan fingerprint density at radius 3 is 2.62 bits per heavy atom. The summed E-state index contributed by atoms with van der Waals surface area (Å²) in [5.41, 5.74) is 0.999. The van der Waals surface area contributed by atoms with Crippen LogP contribution in [0.15, 0.2) is 72.1 Å². The molecule has 0 bridgehead atoms. The summed E-state index contributed by atoms with van der Waals surface area (Å²) in [6.45, 7) is -0.168. The standard InChI is InChI=1S/C19H16FNO2S/c20-15-8-4-9-16(12-15)23-13-18(22)21-19(17-10-5-11-24-17)14-6-2-1-3-7-14/h1-12,19H,13H2,(H,21,22)/t19-/m1/s1. The van der Waals surface area contributed by atoms with Gasteiger partial charge < -0.3 is 10.1 Å². The van der Waals surface area contributed by atoms with E-state index in [1.54, 1.807) is 23.5 Å². The number of hydrogen-bond donors (Lipinski definition) is 1. The average molecular weight is 341 g/mol. The van der Waals surface area contributed by atoms with Crippen LogP contribution in [0.4, 0.5) is 4.39 Å². The third-order valence-corrected chi connectivity index (χ3v) is 4.37. The van der Waals surface area contributed by atoms with E-state index in [9.17, 15) is 9.18 Å². The van der Waals surface area contributed by atoms with E-state index in [2.05, 4.69) is 5.32 Å². The Morgan fingerprint density at radius 2 is 1.92 bits per heavy atom. The molecule has 3 nitrogen and oxygen atoms in total. The molecule has 0 fully saturated rings. The lowest BCUT2D eigenvalue weighted by molar-refractivity contribution is -0.123. The zero-order valence-corrected chi connectivity index (χ0v) is 13.6. The van der Waals surface area contributed by atoms with Gasteiger partial charge in [0.25, 0.3) is 5.91 Å². The molecule has 0 aliphatic carbocycles. The SMILES string of the molecule is O=C(COc1cccc(F)c1)N[C@H](c1ccccc1)c1cccs1. The van der Waals surface area contributed by atoms with Gasteiger partial charge in [0.2, 0.25) is 0 Å². The van der Waals surface area contributed by atoms with Gasteiger partial charge in [-0.3, -0.25) is 4.79 Å². The Morgan fingerprint density at radius 1 is 1.08 bits per heavy atom. The number of carbonyl (C=O) groups is 1. The molecule has 5 heteroatoms. The van der Waals surface area contributed by atoms with E-state index in [-0.39, 0.29) is 18.6 Å². The van der Waals surface area contributed by atoms with Crippen molar-refractivity contribution in [2.75, 3.05) is 6.61 Å². The van der Waals surface area contributed by atoms with Crippen LogP contribution in [-0.4, -0.2) is 12.5 Å². The third kappa shape index (κ3) is 4.20. The number of amides is 1. The molecule has 1 atom stereocenters. The van der Waals surface area contributed by atoms with Gasteiger partial charge in [-0.1, -0.05) is 42.5 Å². The van der Waals surface area contributed by atoms with Crippen LogP contribution in [-0.2, 0) is 4.79 Å². The molecule has 3 aromatic rings. The molecule has 24 heavy (non-hydrogen) atoms. The highest BCUT2D eigenvalue weighted by Gasteiger charge is 2.17. The molecular weight excluding hydrogens is 325 g/mol. The highest BCUT2D eigenvalue weighted by molar-refractivity contribution is 7.10. The first-order valence-electron chi connectivity index (χ1n) is 7.48. The minimum atomic E-state index is -0.395. The van der Waals surface area contributed by atoms with Crippen molar-refractivity contribution in [3.63, 3.8) is 0 Å². The fraction of sp³-hybridized carbons (Fsp3) is 0.105. The lowest BCUT2D eigenvalue weighted by Gasteiger charge is -2.18. The van der Waals surface area contributed by atoms with Crippen molar-refractivity contribution in [1.29, 1.82) is 0 Å². The quantitative estimate of drug-likeness (QED) is 0.731. The Bertz CT molecular complexity index is 790. The lowest BCUT2D eigenvalue weighted by atomic mass is 10.1. The molecule has 1 heterocycles. The maximum atomic E-state index is 13.1. The number of ether oxygens (including phenoxy) is 1. The predicted molar refractivity (Wildman–Crippen MR) is 92.6 cm³/mol. The average Bonchev–Trinajstić information content (AvgIpc) is 3.13. The maximum absolute atomic E-state index is 13.1. The summed E-state index contributed by atoms with van der Waals surface area (Å²) in [6.07, 6.45) is 0. The smallest absolute Gasteiger partial charge is 0.258 e. The number of benzene rings is 2. The van der Waals surface area contributed by atoms with Gasteiger partial charge in [-0.25, -0.2) is 4.39 Å². The second-order valence-corrected chi connectivity index (χ2v) is 6.15. The van der Waals surface area contributed by atoms with Crippen molar-refractivity contribution in [2.45, 2.75) is 6.04 Å². The molecule has 1 amide bonds. The Balaban J connectivity index is 1.68. The fourth-order valence-electron chi connectivity index (χ4n) is 2.33. The van der Waals surface area contributed by atoms with E-state index >= 15 is 0 Å². The molecule has 0 radical (unpaired) electrons. The van der Waals surface area contributed by atoms with Crippen LogP contribution in [0.5, 0.6) is 5.75 Å². The number of carbonyl (C=O) groups excluding carboxylic acids is 1. The summed E-state index contributed by atoms with van der Waals surface area (Å²) in [5, 5.41) is 4.95. The van der Waals surface area contributed by atoms with Crippen LogP contribution in [0.25, 0.3) is 0 Å². The summed E-state index contributed by atoms with van der Waals surface area (Å²) < 4.78 is 18.5. The van der Waals surface area contributed by atoms with Gasteiger partial charge in [-0.05, 0) is 29.1 Å². The summed E-state index contributed by atoms with van der Waals surface area (Å²) in [7, 11) is 0. The molecule has 0 aliphatic heterocycles. The molecule has 2 aromatic carbocycles. The van der Waals surface area contributed by atoms with Crippen LogP contribution in [0.2, 0.25) is 0 Å². The molecule has 1 N–H and O–H groups in total. The van der Waals surface area contributed by atoms with E-state index in [1.807, 2.05) is 47.8 Å². The van der Waals surface area contributed by atoms with Crippen molar-refractivity contribution >= 4 is 17.2 Å². The van der Waals surface area contributed by atoms with Gasteiger partial charge in [0.15, 0.2) is 6.61 Å². The highest BCUT2D eigenvalue weighted by atomic mass is 32.1. The van der Waals surface area contributed by atoms with Gasteiger partial charge in [0.05, 0.1) is 6.04 Å². The number of thiophene rings is 1. The van der Waals surface area contributed by atoms with E-state index < -0.39 is 5.82 Å². The Hall–Kier alpha value is -2.66. The maximum Gasteiger partial charge on any atom is 0.258 e. The Labute approximate surface area is 143 Å². The monoisotopic (exact) mass is 341 g/mol. The van der Waals surface area contributed by atoms with Crippen molar-refractivity contribution in [1.82, 2.24) is 5.32 Å².